The Hall–Kier alpha value is -1.96. The van der Waals surface area contributed by atoms with Crippen molar-refractivity contribution in [2.45, 2.75) is 18.9 Å². The van der Waals surface area contributed by atoms with Crippen LogP contribution in [-0.4, -0.2) is 46.5 Å². The number of carbonyl (C=O) groups excluding carboxylic acids is 1. The summed E-state index contributed by atoms with van der Waals surface area (Å²) in [7, 11) is 0. The lowest BCUT2D eigenvalue weighted by Crippen LogP contribution is -2.52. The van der Waals surface area contributed by atoms with Gasteiger partial charge in [-0.25, -0.2) is 15.2 Å². The van der Waals surface area contributed by atoms with Gasteiger partial charge in [0.25, 0.3) is 0 Å². The van der Waals surface area contributed by atoms with E-state index in [0.29, 0.717) is 26.1 Å². The monoisotopic (exact) mass is 266 g/mol. The second-order valence-electron chi connectivity index (χ2n) is 4.74. The molecule has 102 valence electrons. The molecule has 1 aromatic heterocycles. The van der Waals surface area contributed by atoms with Gasteiger partial charge in [-0.05, 0) is 6.42 Å². The van der Waals surface area contributed by atoms with Gasteiger partial charge in [0, 0.05) is 32.1 Å². The molecular weight excluding hydrogens is 251 g/mol. The maximum atomic E-state index is 13.8. The van der Waals surface area contributed by atoms with E-state index in [1.165, 1.54) is 0 Å². The Morgan fingerprint density at radius 2 is 2.32 bits per heavy atom. The number of nitrogens with zero attached hydrogens (tertiary/aromatic N) is 4. The highest BCUT2D eigenvalue weighted by Gasteiger charge is 2.36. The van der Waals surface area contributed by atoms with E-state index in [9.17, 15) is 9.18 Å². The van der Waals surface area contributed by atoms with Crippen molar-refractivity contribution in [2.24, 2.45) is 5.84 Å². The van der Waals surface area contributed by atoms with Crippen molar-refractivity contribution in [1.82, 2.24) is 14.9 Å². The predicted octanol–water partition coefficient (Wildman–Crippen LogP) is -0.288. The number of fused-ring (bicyclic) bond motifs is 1. The molecule has 2 aliphatic heterocycles. The van der Waals surface area contributed by atoms with Crippen LogP contribution >= 0.6 is 0 Å². The standard InChI is InChI=1S/C11H15FN6O/c12-8-5-14-11(16-13)15-10(8)17-3-4-18-7(6-17)1-2-9(18)19/h5,7H,1-4,6,13H2,(H,14,15,16). The predicted molar refractivity (Wildman–Crippen MR) is 66.7 cm³/mol. The van der Waals surface area contributed by atoms with Crippen molar-refractivity contribution in [2.75, 3.05) is 30.0 Å². The van der Waals surface area contributed by atoms with Crippen LogP contribution in [0, 0.1) is 5.82 Å². The zero-order valence-corrected chi connectivity index (χ0v) is 10.3. The number of amides is 1. The van der Waals surface area contributed by atoms with Gasteiger partial charge in [-0.3, -0.25) is 10.2 Å². The van der Waals surface area contributed by atoms with Crippen molar-refractivity contribution in [3.05, 3.63) is 12.0 Å². The van der Waals surface area contributed by atoms with Crippen LogP contribution in [0.25, 0.3) is 0 Å². The molecule has 0 bridgehead atoms. The van der Waals surface area contributed by atoms with Crippen LogP contribution in [-0.2, 0) is 4.79 Å². The van der Waals surface area contributed by atoms with Gasteiger partial charge in [-0.2, -0.15) is 4.98 Å². The Morgan fingerprint density at radius 3 is 3.11 bits per heavy atom. The first-order valence-corrected chi connectivity index (χ1v) is 6.22. The van der Waals surface area contributed by atoms with Gasteiger partial charge in [0.05, 0.1) is 6.20 Å². The smallest absolute Gasteiger partial charge is 0.239 e. The minimum absolute atomic E-state index is 0.157. The lowest BCUT2D eigenvalue weighted by atomic mass is 10.1. The van der Waals surface area contributed by atoms with Crippen molar-refractivity contribution >= 4 is 17.7 Å². The van der Waals surface area contributed by atoms with Crippen molar-refractivity contribution in [3.8, 4) is 0 Å². The van der Waals surface area contributed by atoms with Gasteiger partial charge in [-0.1, -0.05) is 0 Å². The van der Waals surface area contributed by atoms with E-state index >= 15 is 0 Å². The average Bonchev–Trinajstić information content (AvgIpc) is 2.80. The molecule has 19 heavy (non-hydrogen) atoms. The fraction of sp³-hybridized carbons (Fsp3) is 0.545. The first-order valence-electron chi connectivity index (χ1n) is 6.22. The Morgan fingerprint density at radius 1 is 1.47 bits per heavy atom. The van der Waals surface area contributed by atoms with E-state index in [0.717, 1.165) is 12.6 Å². The quantitative estimate of drug-likeness (QED) is 0.565. The van der Waals surface area contributed by atoms with Crippen LogP contribution in [0.5, 0.6) is 0 Å². The second kappa shape index (κ2) is 4.61. The van der Waals surface area contributed by atoms with Gasteiger partial charge in [-0.15, -0.1) is 0 Å². The Kier molecular flexibility index (Phi) is 2.94. The van der Waals surface area contributed by atoms with Gasteiger partial charge in [0.1, 0.15) is 0 Å². The van der Waals surface area contributed by atoms with Gasteiger partial charge in [0.2, 0.25) is 11.9 Å². The fourth-order valence-electron chi connectivity index (χ4n) is 2.71. The number of anilines is 2. The molecule has 7 nitrogen and oxygen atoms in total. The minimum Gasteiger partial charge on any atom is -0.350 e. The van der Waals surface area contributed by atoms with E-state index in [4.69, 9.17) is 5.84 Å². The zero-order valence-electron chi connectivity index (χ0n) is 10.3. The number of piperazine rings is 1. The molecule has 0 aliphatic carbocycles. The number of aromatic nitrogens is 2. The van der Waals surface area contributed by atoms with Crippen LogP contribution in [0.3, 0.4) is 0 Å². The number of rotatable bonds is 2. The van der Waals surface area contributed by atoms with Crippen molar-refractivity contribution < 1.29 is 9.18 Å². The summed E-state index contributed by atoms with van der Waals surface area (Å²) in [5.41, 5.74) is 2.31. The first kappa shape index (κ1) is 12.1. The molecule has 0 saturated carbocycles. The Balaban J connectivity index is 1.82. The maximum Gasteiger partial charge on any atom is 0.239 e. The summed E-state index contributed by atoms with van der Waals surface area (Å²) < 4.78 is 13.8. The normalized spacial score (nSPS) is 22.6. The van der Waals surface area contributed by atoms with E-state index in [1.807, 2.05) is 9.80 Å². The molecule has 3 N–H and O–H groups in total. The Labute approximate surface area is 109 Å². The molecule has 3 heterocycles. The van der Waals surface area contributed by atoms with E-state index < -0.39 is 5.82 Å². The van der Waals surface area contributed by atoms with Gasteiger partial charge < -0.3 is 9.80 Å². The number of halogens is 1. The molecule has 8 heteroatoms. The maximum absolute atomic E-state index is 13.8. The molecule has 1 unspecified atom stereocenters. The first-order chi connectivity index (χ1) is 9.19. The largest absolute Gasteiger partial charge is 0.350 e. The number of carbonyl (C=O) groups is 1. The third kappa shape index (κ3) is 2.07. The highest BCUT2D eigenvalue weighted by atomic mass is 19.1. The summed E-state index contributed by atoms with van der Waals surface area (Å²) in [6, 6.07) is 0.157. The highest BCUT2D eigenvalue weighted by Crippen LogP contribution is 2.26. The molecule has 1 amide bonds. The average molecular weight is 266 g/mol. The fourth-order valence-corrected chi connectivity index (χ4v) is 2.71. The molecule has 3 rings (SSSR count). The summed E-state index contributed by atoms with van der Waals surface area (Å²) >= 11 is 0. The summed E-state index contributed by atoms with van der Waals surface area (Å²) in [5, 5.41) is 0. The number of nitrogens with two attached hydrogens (primary N) is 1. The van der Waals surface area contributed by atoms with Gasteiger partial charge >= 0.3 is 0 Å². The lowest BCUT2D eigenvalue weighted by Gasteiger charge is -2.38. The summed E-state index contributed by atoms with van der Waals surface area (Å²) in [4.78, 5) is 23.1. The lowest BCUT2D eigenvalue weighted by molar-refractivity contribution is -0.129. The summed E-state index contributed by atoms with van der Waals surface area (Å²) in [6.45, 7) is 1.78. The molecule has 2 saturated heterocycles. The summed E-state index contributed by atoms with van der Waals surface area (Å²) in [5.74, 6) is 5.37. The van der Waals surface area contributed by atoms with Crippen LogP contribution in [0.2, 0.25) is 0 Å². The number of hydrogen-bond acceptors (Lipinski definition) is 6. The van der Waals surface area contributed by atoms with E-state index in [1.54, 1.807) is 0 Å². The van der Waals surface area contributed by atoms with Crippen LogP contribution < -0.4 is 16.2 Å². The number of nitrogens with one attached hydrogen (secondary N) is 1. The number of hydrogen-bond donors (Lipinski definition) is 2. The number of hydrazine groups is 1. The zero-order chi connectivity index (χ0) is 13.4. The Bertz CT molecular complexity index is 510. The third-order valence-electron chi connectivity index (χ3n) is 3.65. The van der Waals surface area contributed by atoms with Crippen LogP contribution in [0.4, 0.5) is 16.2 Å². The molecule has 0 spiro atoms. The minimum atomic E-state index is -0.475. The van der Waals surface area contributed by atoms with Gasteiger partial charge in [0.15, 0.2) is 11.6 Å². The van der Waals surface area contributed by atoms with E-state index in [2.05, 4.69) is 15.4 Å². The van der Waals surface area contributed by atoms with Crippen molar-refractivity contribution in [3.63, 3.8) is 0 Å². The molecular formula is C11H15FN6O. The summed E-state index contributed by atoms with van der Waals surface area (Å²) in [6.07, 6.45) is 2.51. The van der Waals surface area contributed by atoms with E-state index in [-0.39, 0.29) is 23.7 Å². The van der Waals surface area contributed by atoms with Crippen molar-refractivity contribution in [1.29, 1.82) is 0 Å². The molecule has 0 radical (unpaired) electrons. The highest BCUT2D eigenvalue weighted by molar-refractivity contribution is 5.79. The molecule has 1 atom stereocenters. The number of nitrogen functional groups attached to an aromatic ring is 1. The molecule has 1 aromatic rings. The SMILES string of the molecule is NNc1ncc(F)c(N2CCN3C(=O)CCC3C2)n1. The third-order valence-corrected chi connectivity index (χ3v) is 3.65. The molecule has 2 aliphatic rings. The topological polar surface area (TPSA) is 87.4 Å². The van der Waals surface area contributed by atoms with Crippen LogP contribution in [0.15, 0.2) is 6.20 Å². The molecule has 0 aromatic carbocycles. The molecule has 2 fully saturated rings. The second-order valence-corrected chi connectivity index (χ2v) is 4.74. The van der Waals surface area contributed by atoms with Crippen LogP contribution in [0.1, 0.15) is 12.8 Å².